The normalized spacial score (nSPS) is 44.1. The highest BCUT2D eigenvalue weighted by Crippen LogP contribution is 2.80. The largest absolute Gasteiger partial charge is 0.427 e. The first kappa shape index (κ1) is 83.0. The minimum Gasteiger partial charge on any atom is -0.427 e. The summed E-state index contributed by atoms with van der Waals surface area (Å²) in [6.07, 6.45) is 34.5. The Morgan fingerprint density at radius 2 is 0.718 bits per heavy atom. The Bertz CT molecular complexity index is 5120. The molecule has 21 atom stereocenters. The van der Waals surface area contributed by atoms with Crippen LogP contribution in [0.25, 0.3) is 14.5 Å². The molecule has 0 N–H and O–H groups in total. The van der Waals surface area contributed by atoms with Gasteiger partial charge in [0.05, 0.1) is 30.5 Å². The predicted molar refractivity (Wildman–Crippen MR) is 444 cm³/mol. The highest BCUT2D eigenvalue weighted by molar-refractivity contribution is 6.05. The number of aryl methyl sites for hydroxylation is 2. The zero-order chi connectivity index (χ0) is 85.0. The number of nitrogens with zero attached hydrogens (tertiary/aromatic N) is 9. The van der Waals surface area contributed by atoms with E-state index in [9.17, 15) is 28.8 Å². The van der Waals surface area contributed by atoms with Crippen LogP contribution in [-0.2, 0) is 46.0 Å². The molecule has 3 heterocycles. The zero-order valence-electron chi connectivity index (χ0n) is 74.5. The number of carbonyl (C=O) groups excluding carboxylic acids is 6. The van der Waals surface area contributed by atoms with Crippen molar-refractivity contribution in [3.05, 3.63) is 140 Å². The molecule has 18 nitrogen and oxygen atoms in total. The number of fused-ring (bicyclic) bond motifs is 21. The molecule has 0 bridgehead atoms. The van der Waals surface area contributed by atoms with Gasteiger partial charge in [-0.25, -0.2) is 14.5 Å². The molecule has 3 aromatic heterocycles. The summed E-state index contributed by atoms with van der Waals surface area (Å²) < 4.78 is 18.0. The van der Waals surface area contributed by atoms with Gasteiger partial charge in [0, 0.05) is 70.5 Å². The predicted octanol–water partition coefficient (Wildman–Crippen LogP) is 21.6. The Labute approximate surface area is 695 Å². The van der Waals surface area contributed by atoms with Crippen molar-refractivity contribution in [3.8, 4) is 0 Å². The van der Waals surface area contributed by atoms with Gasteiger partial charge in [-0.15, -0.1) is 30.6 Å². The monoisotopic (exact) mass is 1590 g/mol. The summed E-state index contributed by atoms with van der Waals surface area (Å²) in [5.41, 5.74) is -0.642. The minimum absolute atomic E-state index is 0.0203. The summed E-state index contributed by atoms with van der Waals surface area (Å²) in [5.74, 6) is 4.21. The Hall–Kier alpha value is -7.65. The fourth-order valence-corrected chi connectivity index (χ4v) is 31.6. The summed E-state index contributed by atoms with van der Waals surface area (Å²) in [6, 6.07) is 0. The quantitative estimate of drug-likeness (QED) is 0.221. The van der Waals surface area contributed by atoms with E-state index in [1.165, 1.54) is 6.39 Å². The molecule has 0 unspecified atom stereocenters. The first-order valence-corrected chi connectivity index (χ1v) is 44.4. The molecule has 18 heteroatoms. The fourth-order valence-electron chi connectivity index (χ4n) is 31.6. The third-order valence-electron chi connectivity index (χ3n) is 38.5. The molecule has 3 aromatic rings. The van der Waals surface area contributed by atoms with Gasteiger partial charge in [-0.1, -0.05) is 180 Å². The summed E-state index contributed by atoms with van der Waals surface area (Å²) in [7, 11) is 0. The molecule has 0 aliphatic heterocycles. The van der Waals surface area contributed by atoms with Crippen molar-refractivity contribution in [2.24, 2.45) is 140 Å². The Balaban J connectivity index is 0.000000131. The lowest BCUT2D eigenvalue weighted by molar-refractivity contribution is -0.172. The van der Waals surface area contributed by atoms with Crippen LogP contribution in [0.5, 0.6) is 0 Å². The van der Waals surface area contributed by atoms with Crippen LogP contribution >= 0.6 is 0 Å². The number of ketones is 6. The molecular weight excluding hydrogens is 1460 g/mol. The molecule has 15 aliphatic rings. The number of hydrogen-bond acceptors (Lipinski definition) is 15. The molecule has 0 saturated heterocycles. The van der Waals surface area contributed by atoms with E-state index in [1.807, 2.05) is 91.8 Å². The van der Waals surface area contributed by atoms with Crippen LogP contribution in [-0.4, -0.2) is 65.3 Å². The van der Waals surface area contributed by atoms with Crippen molar-refractivity contribution < 1.29 is 42.0 Å². The molecule has 0 amide bonds. The smallest absolute Gasteiger partial charge is 0.226 e. The molecule has 0 aromatic carbocycles. The third-order valence-corrected chi connectivity index (χ3v) is 38.5. The second-order valence-corrected chi connectivity index (χ2v) is 46.6. The molecular formula is C99H129N9O9. The molecule has 117 heavy (non-hydrogen) atoms. The standard InChI is InChI=1S/C34H45N3O3.C33H43N3O3.C32H41N3O3/c1-20-36-37-26(40-20)19-34-14-12-29(2,3)17-21(34)27-23(38)16-25-31(6)18-22(35-9)28(39)30(4,5)24(31)10-11-32(25,7)33(27,8)13-15-34;1-19-35-36-27(39-19)33-14-12-28(2,3)17-20(33)25-22(37)16-24-30(6)18-21(34-9)26(38)29(4,5)23(30)10-11-31(24,7)32(25,8)13-15-33;1-27(2)11-13-32(26-35-34-18-38-26)14-12-31(7)24(19(32)16-27)21(36)15-23-29(5)17-20(33-8)25(37)28(3,4)22(29)9-10-30(23,31)6/h16,18,21,24,27H,10-15,17,19H2,1-8H3;16,18,20,23,25H,10-15,17H2,1-8H3;15,17-19,22,24H,9-14,16H2,1-7H3/t21-,24-,27-,31-,32+,33+,34+;20-,23-,25-,30-,31+,32+,33-;19-,22-,24-,29-,30+,31+,32-/m000/s1. The Morgan fingerprint density at radius 3 is 1.07 bits per heavy atom. The number of Topliss-reactive ketones (excluding diaryl/α,β-unsaturated/α-hetero) is 3. The molecule has 624 valence electrons. The van der Waals surface area contributed by atoms with Gasteiger partial charge in [-0.2, -0.15) is 0 Å². The maximum atomic E-state index is 14.6. The second kappa shape index (κ2) is 26.0. The summed E-state index contributed by atoms with van der Waals surface area (Å²) in [4.78, 5) is 94.6. The van der Waals surface area contributed by atoms with E-state index in [1.54, 1.807) is 0 Å². The van der Waals surface area contributed by atoms with Crippen molar-refractivity contribution in [1.82, 2.24) is 30.6 Å². The first-order chi connectivity index (χ1) is 54.2. The van der Waals surface area contributed by atoms with E-state index in [4.69, 9.17) is 33.0 Å². The lowest BCUT2D eigenvalue weighted by Crippen LogP contribution is -2.65. The van der Waals surface area contributed by atoms with Gasteiger partial charge in [0.15, 0.2) is 34.7 Å². The summed E-state index contributed by atoms with van der Waals surface area (Å²) in [6.45, 7) is 74.0. The lowest BCUT2D eigenvalue weighted by Gasteiger charge is -2.69. The number of aromatic nitrogens is 6. The van der Waals surface area contributed by atoms with Gasteiger partial charge in [0.1, 0.15) is 0 Å². The van der Waals surface area contributed by atoms with Gasteiger partial charge < -0.3 is 27.6 Å². The van der Waals surface area contributed by atoms with E-state index in [0.29, 0.717) is 23.6 Å². The van der Waals surface area contributed by atoms with Crippen LogP contribution in [0.1, 0.15) is 310 Å². The van der Waals surface area contributed by atoms with Crippen molar-refractivity contribution >= 4 is 34.7 Å². The molecule has 0 radical (unpaired) electrons. The zero-order valence-corrected chi connectivity index (χ0v) is 74.5. The molecule has 9 fully saturated rings. The van der Waals surface area contributed by atoms with Crippen molar-refractivity contribution in [2.75, 3.05) is 0 Å². The molecule has 9 saturated carbocycles. The van der Waals surface area contributed by atoms with Crippen LogP contribution in [0.15, 0.2) is 89.9 Å². The average Bonchev–Trinajstić information content (AvgIpc) is 1.04. The van der Waals surface area contributed by atoms with Crippen LogP contribution in [0.3, 0.4) is 0 Å². The van der Waals surface area contributed by atoms with E-state index in [0.717, 1.165) is 164 Å². The topological polar surface area (TPSA) is 232 Å². The lowest BCUT2D eigenvalue weighted by atomic mass is 9.34. The van der Waals surface area contributed by atoms with Crippen LogP contribution in [0, 0.1) is 173 Å². The van der Waals surface area contributed by atoms with Crippen molar-refractivity contribution in [2.45, 2.75) is 311 Å². The van der Waals surface area contributed by atoms with Gasteiger partial charge in [0.25, 0.3) is 0 Å². The highest BCUT2D eigenvalue weighted by Gasteiger charge is 2.75. The maximum absolute atomic E-state index is 14.6. The molecule has 15 aliphatic carbocycles. The Kier molecular flexibility index (Phi) is 18.4. The number of rotatable bonds is 4. The maximum Gasteiger partial charge on any atom is 0.226 e. The number of hydrogen-bond donors (Lipinski definition) is 0. The molecule has 0 spiro atoms. The average molecular weight is 1590 g/mol. The van der Waals surface area contributed by atoms with Crippen molar-refractivity contribution in [3.63, 3.8) is 0 Å². The third kappa shape index (κ3) is 11.2. The Morgan fingerprint density at radius 1 is 0.385 bits per heavy atom. The van der Waals surface area contributed by atoms with Gasteiger partial charge in [0.2, 0.25) is 52.9 Å². The summed E-state index contributed by atoms with van der Waals surface area (Å²) >= 11 is 0. The summed E-state index contributed by atoms with van der Waals surface area (Å²) in [5, 5.41) is 25.8. The molecule has 18 rings (SSSR count). The second-order valence-electron chi connectivity index (χ2n) is 46.6. The van der Waals surface area contributed by atoms with Gasteiger partial charge >= 0.3 is 0 Å². The van der Waals surface area contributed by atoms with E-state index in [-0.39, 0.29) is 170 Å². The van der Waals surface area contributed by atoms with Gasteiger partial charge in [-0.3, -0.25) is 14.4 Å². The number of carbonyl (C=O) groups is 6. The fraction of sp³-hybridized carbons (Fsp3) is 0.727. The van der Waals surface area contributed by atoms with Crippen molar-refractivity contribution in [1.29, 1.82) is 0 Å². The van der Waals surface area contributed by atoms with Crippen LogP contribution in [0.2, 0.25) is 0 Å². The van der Waals surface area contributed by atoms with E-state index in [2.05, 4.69) is 149 Å². The van der Waals surface area contributed by atoms with Crippen LogP contribution < -0.4 is 0 Å². The van der Waals surface area contributed by atoms with Crippen LogP contribution in [0.4, 0.5) is 0 Å². The SMILES string of the molecule is [C-]#[N+]C1=C[C@]2(C)C3=CC(=O)[C@@H]4[C@@H]5CC(C)(C)CC[C@]5(Cc5nnc(C)o5)CC[C@@]4(C)[C@]3(C)CC[C@H]2C(C)(C)C1=O.[C-]#[N+]C1=C[C@]2(C)C3=CC(=O)[C@@H]4[C@@H]5CC(C)(C)CC[C@]5(c5nnc(C)o5)CC[C@@]4(C)[C@]3(C)CC[C@H]2C(C)(C)C1=O.[C-]#[N+]C1=C[C@]2(C)C3=CC(=O)[C@@H]4[C@@H]5CC(C)(C)CC[C@]5(c5nnco5)CC[C@@]4(C)[C@]3(C)CC[C@H]2C(C)(C)C1=O. The number of allylic oxidation sites excluding steroid dienone is 12. The first-order valence-electron chi connectivity index (χ1n) is 44.4. The van der Waals surface area contributed by atoms with E-state index < -0.39 is 32.5 Å². The van der Waals surface area contributed by atoms with Gasteiger partial charge in [-0.05, 0) is 243 Å². The highest BCUT2D eigenvalue weighted by atomic mass is 16.4. The minimum atomic E-state index is -0.642. The van der Waals surface area contributed by atoms with E-state index >= 15 is 0 Å².